The second-order valence-electron chi connectivity index (χ2n) is 1.63. The summed E-state index contributed by atoms with van der Waals surface area (Å²) >= 11 is 3.92. The molecule has 0 aromatic rings. The molecule has 0 spiro atoms. The summed E-state index contributed by atoms with van der Waals surface area (Å²) in [5.41, 5.74) is 0. The minimum Gasteiger partial charge on any atom is -0.294 e. The molecule has 0 saturated carbocycles. The summed E-state index contributed by atoms with van der Waals surface area (Å²) < 4.78 is 0. The van der Waals surface area contributed by atoms with Gasteiger partial charge in [0.05, 0.1) is 0 Å². The number of carbonyl (C=O) groups excluding carboxylic acids is 1. The molecule has 0 aliphatic rings. The third-order valence-electron chi connectivity index (χ3n) is 0.807. The van der Waals surface area contributed by atoms with E-state index in [0.29, 0.717) is 4.91 Å². The van der Waals surface area contributed by atoms with Crippen molar-refractivity contribution in [3.8, 4) is 0 Å². The zero-order valence-corrected chi connectivity index (χ0v) is 6.48. The molecule has 0 rings (SSSR count). The van der Waals surface area contributed by atoms with Gasteiger partial charge in [0.25, 0.3) is 0 Å². The molecule has 2 heteroatoms. The molecule has 0 bridgehead atoms. The predicted molar refractivity (Wildman–Crippen MR) is 42.6 cm³/mol. The first-order valence-electron chi connectivity index (χ1n) is 2.71. The van der Waals surface area contributed by atoms with Crippen molar-refractivity contribution in [2.24, 2.45) is 0 Å². The Kier molecular flexibility index (Phi) is 4.14. The highest BCUT2D eigenvalue weighted by Crippen LogP contribution is 2.00. The van der Waals surface area contributed by atoms with Gasteiger partial charge in [0.15, 0.2) is 5.78 Å². The lowest BCUT2D eigenvalue weighted by atomic mass is 10.3. The Balaban J connectivity index is 4.00. The molecule has 0 unspecified atom stereocenters. The van der Waals surface area contributed by atoms with E-state index in [-0.39, 0.29) is 5.78 Å². The molecule has 0 aliphatic heterocycles. The van der Waals surface area contributed by atoms with Gasteiger partial charge in [-0.2, -0.15) is 0 Å². The SMILES string of the molecule is C/C=C/C=C(\S)C(C)=O. The van der Waals surface area contributed by atoms with Gasteiger partial charge in [-0.25, -0.2) is 0 Å². The van der Waals surface area contributed by atoms with Crippen LogP contribution in [-0.2, 0) is 4.79 Å². The second-order valence-corrected chi connectivity index (χ2v) is 2.12. The van der Waals surface area contributed by atoms with Gasteiger partial charge < -0.3 is 0 Å². The Labute approximate surface area is 60.9 Å². The molecule has 0 aromatic carbocycles. The highest BCUT2D eigenvalue weighted by atomic mass is 32.1. The van der Waals surface area contributed by atoms with E-state index in [1.807, 2.05) is 13.0 Å². The number of hydrogen-bond acceptors (Lipinski definition) is 2. The van der Waals surface area contributed by atoms with Crippen molar-refractivity contribution in [1.82, 2.24) is 0 Å². The van der Waals surface area contributed by atoms with Gasteiger partial charge in [0, 0.05) is 4.91 Å². The van der Waals surface area contributed by atoms with Gasteiger partial charge in [0.2, 0.25) is 0 Å². The molecule has 50 valence electrons. The van der Waals surface area contributed by atoms with E-state index in [1.165, 1.54) is 6.92 Å². The lowest BCUT2D eigenvalue weighted by molar-refractivity contribution is -0.112. The third kappa shape index (κ3) is 4.03. The molecule has 1 nitrogen and oxygen atoms in total. The van der Waals surface area contributed by atoms with E-state index >= 15 is 0 Å². The van der Waals surface area contributed by atoms with Crippen molar-refractivity contribution in [2.45, 2.75) is 13.8 Å². The van der Waals surface area contributed by atoms with Crippen LogP contribution in [0.15, 0.2) is 23.1 Å². The Morgan fingerprint density at radius 1 is 1.56 bits per heavy atom. The largest absolute Gasteiger partial charge is 0.294 e. The van der Waals surface area contributed by atoms with Crippen LogP contribution >= 0.6 is 12.6 Å². The summed E-state index contributed by atoms with van der Waals surface area (Å²) in [7, 11) is 0. The fraction of sp³-hybridized carbons (Fsp3) is 0.286. The molecule has 0 saturated heterocycles. The zero-order chi connectivity index (χ0) is 7.28. The normalized spacial score (nSPS) is 12.6. The molecule has 0 radical (unpaired) electrons. The quantitative estimate of drug-likeness (QED) is 0.354. The smallest absolute Gasteiger partial charge is 0.165 e. The minimum absolute atomic E-state index is 0.00330. The van der Waals surface area contributed by atoms with E-state index in [9.17, 15) is 4.79 Å². The van der Waals surface area contributed by atoms with Gasteiger partial charge in [0.1, 0.15) is 0 Å². The number of allylic oxidation sites excluding steroid dienone is 4. The summed E-state index contributed by atoms with van der Waals surface area (Å²) in [6.45, 7) is 3.38. The van der Waals surface area contributed by atoms with E-state index in [4.69, 9.17) is 0 Å². The van der Waals surface area contributed by atoms with Crippen LogP contribution in [-0.4, -0.2) is 5.78 Å². The average molecular weight is 142 g/mol. The van der Waals surface area contributed by atoms with Crippen LogP contribution in [0.3, 0.4) is 0 Å². The maximum absolute atomic E-state index is 10.5. The number of rotatable bonds is 2. The molecule has 0 heterocycles. The van der Waals surface area contributed by atoms with E-state index < -0.39 is 0 Å². The lowest BCUT2D eigenvalue weighted by Crippen LogP contribution is -1.86. The first-order chi connectivity index (χ1) is 4.18. The topological polar surface area (TPSA) is 17.1 Å². The number of hydrogen-bond donors (Lipinski definition) is 1. The summed E-state index contributed by atoms with van der Waals surface area (Å²) in [4.78, 5) is 11.0. The van der Waals surface area contributed by atoms with Crippen LogP contribution in [0.4, 0.5) is 0 Å². The summed E-state index contributed by atoms with van der Waals surface area (Å²) in [6, 6.07) is 0. The van der Waals surface area contributed by atoms with Crippen LogP contribution in [0, 0.1) is 0 Å². The molecule has 0 fully saturated rings. The maximum Gasteiger partial charge on any atom is 0.165 e. The number of Topliss-reactive ketones (excluding diaryl/α,β-unsaturated/α-hetero) is 1. The first kappa shape index (κ1) is 8.50. The summed E-state index contributed by atoms with van der Waals surface area (Å²) in [6.07, 6.45) is 5.30. The van der Waals surface area contributed by atoms with E-state index in [1.54, 1.807) is 12.2 Å². The van der Waals surface area contributed by atoms with Crippen molar-refractivity contribution in [1.29, 1.82) is 0 Å². The predicted octanol–water partition coefficient (Wildman–Crippen LogP) is 1.97. The molecule has 0 N–H and O–H groups in total. The molecule has 0 aliphatic carbocycles. The molecular formula is C7H10OS. The fourth-order valence-electron chi connectivity index (χ4n) is 0.305. The Bertz CT molecular complexity index is 156. The second kappa shape index (κ2) is 4.39. The first-order valence-corrected chi connectivity index (χ1v) is 3.16. The van der Waals surface area contributed by atoms with E-state index in [2.05, 4.69) is 12.6 Å². The Hall–Kier alpha value is -0.500. The van der Waals surface area contributed by atoms with Crippen molar-refractivity contribution < 1.29 is 4.79 Å². The Morgan fingerprint density at radius 3 is 2.44 bits per heavy atom. The fourth-order valence-corrected chi connectivity index (χ4v) is 0.391. The molecule has 9 heavy (non-hydrogen) atoms. The van der Waals surface area contributed by atoms with Gasteiger partial charge >= 0.3 is 0 Å². The van der Waals surface area contributed by atoms with Crippen LogP contribution in [0.2, 0.25) is 0 Å². The zero-order valence-electron chi connectivity index (χ0n) is 5.59. The maximum atomic E-state index is 10.5. The summed E-state index contributed by atoms with van der Waals surface area (Å²) in [5.74, 6) is -0.00330. The van der Waals surface area contributed by atoms with Crippen molar-refractivity contribution in [2.75, 3.05) is 0 Å². The highest BCUT2D eigenvalue weighted by molar-refractivity contribution is 7.85. The van der Waals surface area contributed by atoms with Crippen molar-refractivity contribution in [3.05, 3.63) is 23.1 Å². The standard InChI is InChI=1S/C7H10OS/c1-3-4-5-7(9)6(2)8/h3-5,9H,1-2H3/b4-3+,7-5-. The van der Waals surface area contributed by atoms with Gasteiger partial charge in [-0.1, -0.05) is 12.2 Å². The number of carbonyl (C=O) groups is 1. The third-order valence-corrected chi connectivity index (χ3v) is 1.27. The van der Waals surface area contributed by atoms with Crippen LogP contribution in [0.5, 0.6) is 0 Å². The van der Waals surface area contributed by atoms with Crippen LogP contribution in [0.1, 0.15) is 13.8 Å². The number of ketones is 1. The number of thiol groups is 1. The summed E-state index contributed by atoms with van der Waals surface area (Å²) in [5, 5.41) is 0. The molecular weight excluding hydrogens is 132 g/mol. The van der Waals surface area contributed by atoms with Crippen molar-refractivity contribution in [3.63, 3.8) is 0 Å². The van der Waals surface area contributed by atoms with Gasteiger partial charge in [-0.3, -0.25) is 4.79 Å². The monoisotopic (exact) mass is 142 g/mol. The highest BCUT2D eigenvalue weighted by Gasteiger charge is 1.91. The lowest BCUT2D eigenvalue weighted by Gasteiger charge is -1.86. The molecule has 0 atom stereocenters. The van der Waals surface area contributed by atoms with Crippen molar-refractivity contribution >= 4 is 18.4 Å². The van der Waals surface area contributed by atoms with Gasteiger partial charge in [-0.05, 0) is 19.9 Å². The Morgan fingerprint density at radius 2 is 2.11 bits per heavy atom. The average Bonchev–Trinajstić information content (AvgIpc) is 1.82. The van der Waals surface area contributed by atoms with Gasteiger partial charge in [-0.15, -0.1) is 12.6 Å². The molecule has 0 amide bonds. The molecule has 0 aromatic heterocycles. The van der Waals surface area contributed by atoms with Crippen LogP contribution in [0.25, 0.3) is 0 Å². The minimum atomic E-state index is -0.00330. The van der Waals surface area contributed by atoms with Crippen LogP contribution < -0.4 is 0 Å². The van der Waals surface area contributed by atoms with E-state index in [0.717, 1.165) is 0 Å².